The van der Waals surface area contributed by atoms with Crippen LogP contribution in [0.5, 0.6) is 0 Å². The SMILES string of the molecule is O=C(Cn1nc2n(c1=O)CCCCC2)NCc1ccc(S(=O)(=O)N2CCCC2)cc1. The zero-order valence-corrected chi connectivity index (χ0v) is 17.7. The van der Waals surface area contributed by atoms with Crippen LogP contribution in [0.4, 0.5) is 0 Å². The van der Waals surface area contributed by atoms with Crippen molar-refractivity contribution in [3.05, 3.63) is 46.1 Å². The highest BCUT2D eigenvalue weighted by molar-refractivity contribution is 7.89. The summed E-state index contributed by atoms with van der Waals surface area (Å²) in [5.74, 6) is 0.444. The lowest BCUT2D eigenvalue weighted by Gasteiger charge is -2.15. The Morgan fingerprint density at radius 1 is 1.00 bits per heavy atom. The molecular formula is C20H27N5O4S. The number of amides is 1. The van der Waals surface area contributed by atoms with E-state index < -0.39 is 10.0 Å². The summed E-state index contributed by atoms with van der Waals surface area (Å²) in [6.07, 6.45) is 5.59. The zero-order chi connectivity index (χ0) is 21.1. The maximum absolute atomic E-state index is 12.6. The Kier molecular flexibility index (Phi) is 6.05. The van der Waals surface area contributed by atoms with Gasteiger partial charge in [0.1, 0.15) is 12.4 Å². The molecule has 1 fully saturated rings. The second-order valence-electron chi connectivity index (χ2n) is 7.85. The molecule has 0 bridgehead atoms. The normalized spacial score (nSPS) is 17.5. The molecular weight excluding hydrogens is 406 g/mol. The number of hydrogen-bond acceptors (Lipinski definition) is 5. The Balaban J connectivity index is 1.35. The molecule has 0 spiro atoms. The number of nitrogens with zero attached hydrogens (tertiary/aromatic N) is 4. The highest BCUT2D eigenvalue weighted by Crippen LogP contribution is 2.21. The molecule has 0 saturated carbocycles. The molecule has 1 N–H and O–H groups in total. The van der Waals surface area contributed by atoms with Crippen molar-refractivity contribution in [2.24, 2.45) is 0 Å². The molecule has 4 rings (SSSR count). The first-order valence-corrected chi connectivity index (χ1v) is 11.9. The molecule has 1 amide bonds. The predicted octanol–water partition coefficient (Wildman–Crippen LogP) is 0.872. The lowest BCUT2D eigenvalue weighted by Crippen LogP contribution is -2.33. The van der Waals surface area contributed by atoms with Crippen molar-refractivity contribution in [1.29, 1.82) is 0 Å². The van der Waals surface area contributed by atoms with E-state index in [0.29, 0.717) is 19.6 Å². The average molecular weight is 434 g/mol. The molecule has 2 aliphatic rings. The second-order valence-corrected chi connectivity index (χ2v) is 9.79. The van der Waals surface area contributed by atoms with Gasteiger partial charge >= 0.3 is 5.69 Å². The van der Waals surface area contributed by atoms with Crippen LogP contribution in [0.25, 0.3) is 0 Å². The molecule has 0 radical (unpaired) electrons. The van der Waals surface area contributed by atoms with Crippen LogP contribution in [-0.2, 0) is 40.9 Å². The topological polar surface area (TPSA) is 106 Å². The number of rotatable bonds is 6. The van der Waals surface area contributed by atoms with E-state index in [0.717, 1.165) is 49.9 Å². The monoisotopic (exact) mass is 433 g/mol. The van der Waals surface area contributed by atoms with Crippen LogP contribution in [0.1, 0.15) is 43.5 Å². The van der Waals surface area contributed by atoms with Crippen LogP contribution in [-0.4, -0.2) is 46.1 Å². The van der Waals surface area contributed by atoms with E-state index in [1.165, 1.54) is 8.99 Å². The molecule has 0 unspecified atom stereocenters. The molecule has 1 aromatic heterocycles. The molecule has 2 aliphatic heterocycles. The van der Waals surface area contributed by atoms with Gasteiger partial charge in [0.2, 0.25) is 15.9 Å². The van der Waals surface area contributed by atoms with Gasteiger partial charge in [-0.1, -0.05) is 18.6 Å². The molecule has 162 valence electrons. The number of benzene rings is 1. The minimum Gasteiger partial charge on any atom is -0.350 e. The smallest absolute Gasteiger partial charge is 0.346 e. The van der Waals surface area contributed by atoms with E-state index in [1.807, 2.05) is 0 Å². The highest BCUT2D eigenvalue weighted by atomic mass is 32.2. The quantitative estimate of drug-likeness (QED) is 0.728. The van der Waals surface area contributed by atoms with Gasteiger partial charge in [0.25, 0.3) is 0 Å². The van der Waals surface area contributed by atoms with Crippen LogP contribution >= 0.6 is 0 Å². The van der Waals surface area contributed by atoms with Crippen molar-refractivity contribution in [1.82, 2.24) is 24.0 Å². The molecule has 2 aromatic rings. The van der Waals surface area contributed by atoms with E-state index >= 15 is 0 Å². The molecule has 30 heavy (non-hydrogen) atoms. The Labute approximate surface area is 175 Å². The van der Waals surface area contributed by atoms with Crippen molar-refractivity contribution < 1.29 is 13.2 Å². The number of nitrogens with one attached hydrogen (secondary N) is 1. The maximum atomic E-state index is 12.6. The van der Waals surface area contributed by atoms with Gasteiger partial charge in [-0.3, -0.25) is 9.36 Å². The van der Waals surface area contributed by atoms with Gasteiger partial charge < -0.3 is 5.32 Å². The molecule has 10 heteroatoms. The highest BCUT2D eigenvalue weighted by Gasteiger charge is 2.26. The number of aryl methyl sites for hydroxylation is 1. The van der Waals surface area contributed by atoms with Crippen LogP contribution in [0.2, 0.25) is 0 Å². The van der Waals surface area contributed by atoms with Gasteiger partial charge in [0, 0.05) is 32.6 Å². The van der Waals surface area contributed by atoms with E-state index in [9.17, 15) is 18.0 Å². The lowest BCUT2D eigenvalue weighted by atomic mass is 10.2. The third kappa shape index (κ3) is 4.34. The first-order chi connectivity index (χ1) is 14.4. The summed E-state index contributed by atoms with van der Waals surface area (Å²) in [7, 11) is -3.44. The van der Waals surface area contributed by atoms with Gasteiger partial charge in [-0.05, 0) is 43.4 Å². The summed E-state index contributed by atoms with van der Waals surface area (Å²) in [5, 5.41) is 7.09. The molecule has 0 atom stereocenters. The zero-order valence-electron chi connectivity index (χ0n) is 16.9. The van der Waals surface area contributed by atoms with Gasteiger partial charge in [-0.15, -0.1) is 0 Å². The number of sulfonamides is 1. The minimum absolute atomic E-state index is 0.125. The number of fused-ring (bicyclic) bond motifs is 1. The van der Waals surface area contributed by atoms with Gasteiger partial charge in [-0.2, -0.15) is 9.40 Å². The Hall–Kier alpha value is -2.46. The summed E-state index contributed by atoms with van der Waals surface area (Å²) in [6.45, 7) is 1.92. The molecule has 1 aromatic carbocycles. The Morgan fingerprint density at radius 3 is 2.43 bits per heavy atom. The van der Waals surface area contributed by atoms with E-state index in [2.05, 4.69) is 10.4 Å². The molecule has 3 heterocycles. The van der Waals surface area contributed by atoms with E-state index in [4.69, 9.17) is 0 Å². The minimum atomic E-state index is -3.44. The Bertz CT molecular complexity index is 1070. The fraction of sp³-hybridized carbons (Fsp3) is 0.550. The summed E-state index contributed by atoms with van der Waals surface area (Å²) in [5.41, 5.74) is 0.551. The number of carbonyl (C=O) groups is 1. The lowest BCUT2D eigenvalue weighted by molar-refractivity contribution is -0.122. The predicted molar refractivity (Wildman–Crippen MR) is 110 cm³/mol. The number of carbonyl (C=O) groups excluding carboxylic acids is 1. The fourth-order valence-electron chi connectivity index (χ4n) is 3.98. The van der Waals surface area contributed by atoms with Crippen LogP contribution in [0, 0.1) is 0 Å². The summed E-state index contributed by atoms with van der Waals surface area (Å²) in [4.78, 5) is 25.0. The first-order valence-electron chi connectivity index (χ1n) is 10.5. The van der Waals surface area contributed by atoms with Crippen molar-refractivity contribution in [3.63, 3.8) is 0 Å². The second kappa shape index (κ2) is 8.73. The third-order valence-corrected chi connectivity index (χ3v) is 7.60. The van der Waals surface area contributed by atoms with Crippen LogP contribution in [0.3, 0.4) is 0 Å². The first kappa shape index (κ1) is 20.8. The van der Waals surface area contributed by atoms with Crippen LogP contribution in [0.15, 0.2) is 34.0 Å². The number of hydrogen-bond donors (Lipinski definition) is 1. The largest absolute Gasteiger partial charge is 0.350 e. The third-order valence-electron chi connectivity index (χ3n) is 5.69. The van der Waals surface area contributed by atoms with Gasteiger partial charge in [0.15, 0.2) is 0 Å². The van der Waals surface area contributed by atoms with Crippen molar-refractivity contribution in [3.8, 4) is 0 Å². The summed E-state index contributed by atoms with van der Waals surface area (Å²) >= 11 is 0. The fourth-order valence-corrected chi connectivity index (χ4v) is 5.49. The van der Waals surface area contributed by atoms with Crippen molar-refractivity contribution >= 4 is 15.9 Å². The molecule has 1 saturated heterocycles. The van der Waals surface area contributed by atoms with Crippen molar-refractivity contribution in [2.45, 2.75) is 63.1 Å². The maximum Gasteiger partial charge on any atom is 0.346 e. The van der Waals surface area contributed by atoms with Gasteiger partial charge in [-0.25, -0.2) is 17.9 Å². The van der Waals surface area contributed by atoms with Gasteiger partial charge in [0.05, 0.1) is 4.90 Å². The van der Waals surface area contributed by atoms with Crippen LogP contribution < -0.4 is 11.0 Å². The van der Waals surface area contributed by atoms with E-state index in [1.54, 1.807) is 28.8 Å². The molecule has 0 aliphatic carbocycles. The summed E-state index contributed by atoms with van der Waals surface area (Å²) in [6, 6.07) is 6.56. The summed E-state index contributed by atoms with van der Waals surface area (Å²) < 4.78 is 29.5. The van der Waals surface area contributed by atoms with Crippen molar-refractivity contribution in [2.75, 3.05) is 13.1 Å². The van der Waals surface area contributed by atoms with E-state index in [-0.39, 0.29) is 29.6 Å². The Morgan fingerprint density at radius 2 is 1.70 bits per heavy atom. The molecule has 9 nitrogen and oxygen atoms in total. The number of aromatic nitrogens is 3. The average Bonchev–Trinajstić information content (AvgIpc) is 3.31. The standard InChI is InChI=1S/C20H27N5O4S/c26-19(15-25-20(27)24-13-3-1-2-6-18(24)22-25)21-14-16-7-9-17(10-8-16)30(28,29)23-11-4-5-12-23/h7-10H,1-6,11-15H2,(H,21,26).